The molecule has 1 amide bonds. The van der Waals surface area contributed by atoms with Crippen molar-refractivity contribution in [2.24, 2.45) is 11.1 Å². The Kier molecular flexibility index (Phi) is 3.48. The predicted octanol–water partition coefficient (Wildman–Crippen LogP) is 1.11. The molecule has 1 aromatic heterocycles. The van der Waals surface area contributed by atoms with Gasteiger partial charge in [-0.1, -0.05) is 6.07 Å². The molecule has 2 aliphatic rings. The van der Waals surface area contributed by atoms with Crippen LogP contribution in [0.15, 0.2) is 24.5 Å². The maximum atomic E-state index is 12.9. The molecule has 0 aliphatic carbocycles. The van der Waals surface area contributed by atoms with Crippen LogP contribution in [-0.4, -0.2) is 41.6 Å². The molecule has 2 aliphatic heterocycles. The van der Waals surface area contributed by atoms with Crippen LogP contribution in [-0.2, 0) is 9.53 Å². The number of rotatable bonds is 2. The summed E-state index contributed by atoms with van der Waals surface area (Å²) >= 11 is 0. The van der Waals surface area contributed by atoms with E-state index in [1.54, 1.807) is 6.20 Å². The smallest absolute Gasteiger partial charge is 0.233 e. The number of pyridine rings is 1. The molecule has 3 unspecified atom stereocenters. The lowest BCUT2D eigenvalue weighted by Crippen LogP contribution is -2.51. The maximum absolute atomic E-state index is 12.9. The lowest BCUT2D eigenvalue weighted by molar-refractivity contribution is -0.142. The van der Waals surface area contributed by atoms with Gasteiger partial charge in [0, 0.05) is 25.0 Å². The van der Waals surface area contributed by atoms with E-state index in [1.165, 1.54) is 0 Å². The minimum absolute atomic E-state index is 0.119. The quantitative estimate of drug-likeness (QED) is 0.878. The molecule has 0 spiro atoms. The van der Waals surface area contributed by atoms with Crippen LogP contribution in [0.3, 0.4) is 0 Å². The third-order valence-electron chi connectivity index (χ3n) is 4.59. The number of likely N-dealkylation sites (tertiary alicyclic amines) is 1. The summed E-state index contributed by atoms with van der Waals surface area (Å²) in [5.74, 6) is 0.119. The molecule has 0 bridgehead atoms. The Labute approximate surface area is 119 Å². The number of amides is 1. The van der Waals surface area contributed by atoms with E-state index in [2.05, 4.69) is 4.98 Å². The van der Waals surface area contributed by atoms with Gasteiger partial charge in [-0.25, -0.2) is 0 Å². The summed E-state index contributed by atoms with van der Waals surface area (Å²) in [6.45, 7) is 3.60. The van der Waals surface area contributed by atoms with Crippen molar-refractivity contribution >= 4 is 5.91 Å². The molecule has 0 radical (unpaired) electrons. The minimum Gasteiger partial charge on any atom is -0.379 e. The number of hydrogen-bond donors (Lipinski definition) is 1. The lowest BCUT2D eigenvalue weighted by atomic mass is 9.84. The third-order valence-corrected chi connectivity index (χ3v) is 4.59. The molecule has 5 heteroatoms. The van der Waals surface area contributed by atoms with Crippen LogP contribution >= 0.6 is 0 Å². The highest BCUT2D eigenvalue weighted by Gasteiger charge is 2.48. The van der Waals surface area contributed by atoms with E-state index in [0.29, 0.717) is 13.2 Å². The second-order valence-electron chi connectivity index (χ2n) is 5.98. The summed E-state index contributed by atoms with van der Waals surface area (Å²) in [6.07, 6.45) is 5.62. The summed E-state index contributed by atoms with van der Waals surface area (Å²) in [7, 11) is 0. The standard InChI is InChI=1S/C15H21N3O2/c1-15(10-20-9-13(15)16)14(19)18-7-3-5-12(18)11-4-2-6-17-8-11/h2,4,6,8,12-13H,3,5,7,9-10,16H2,1H3. The Bertz CT molecular complexity index is 493. The third kappa shape index (κ3) is 2.11. The molecule has 3 rings (SSSR count). The zero-order valence-electron chi connectivity index (χ0n) is 11.8. The van der Waals surface area contributed by atoms with Gasteiger partial charge in [0.2, 0.25) is 5.91 Å². The first-order chi connectivity index (χ1) is 9.63. The number of aromatic nitrogens is 1. The molecule has 108 valence electrons. The summed E-state index contributed by atoms with van der Waals surface area (Å²) in [5.41, 5.74) is 6.59. The van der Waals surface area contributed by atoms with Gasteiger partial charge in [-0.2, -0.15) is 0 Å². The summed E-state index contributed by atoms with van der Waals surface area (Å²) in [6, 6.07) is 3.87. The Balaban J connectivity index is 1.84. The van der Waals surface area contributed by atoms with Crippen molar-refractivity contribution in [1.82, 2.24) is 9.88 Å². The zero-order valence-corrected chi connectivity index (χ0v) is 11.8. The van der Waals surface area contributed by atoms with Crippen LogP contribution in [0, 0.1) is 5.41 Å². The van der Waals surface area contributed by atoms with Gasteiger partial charge in [0.15, 0.2) is 0 Å². The molecule has 3 atom stereocenters. The first kappa shape index (κ1) is 13.5. The van der Waals surface area contributed by atoms with Crippen molar-refractivity contribution in [3.63, 3.8) is 0 Å². The first-order valence-electron chi connectivity index (χ1n) is 7.17. The fourth-order valence-corrected chi connectivity index (χ4v) is 3.17. The number of hydrogen-bond acceptors (Lipinski definition) is 4. The monoisotopic (exact) mass is 275 g/mol. The first-order valence-corrected chi connectivity index (χ1v) is 7.17. The van der Waals surface area contributed by atoms with Gasteiger partial charge < -0.3 is 15.4 Å². The van der Waals surface area contributed by atoms with Crippen molar-refractivity contribution in [1.29, 1.82) is 0 Å². The topological polar surface area (TPSA) is 68.5 Å². The molecule has 3 heterocycles. The second-order valence-corrected chi connectivity index (χ2v) is 5.98. The van der Waals surface area contributed by atoms with E-state index in [-0.39, 0.29) is 18.0 Å². The predicted molar refractivity (Wildman–Crippen MR) is 74.8 cm³/mol. The Morgan fingerprint density at radius 3 is 3.10 bits per heavy atom. The highest BCUT2D eigenvalue weighted by atomic mass is 16.5. The molecular formula is C15H21N3O2. The average molecular weight is 275 g/mol. The molecule has 0 saturated carbocycles. The molecule has 5 nitrogen and oxygen atoms in total. The SMILES string of the molecule is CC1(C(=O)N2CCCC2c2cccnc2)COCC1N. The average Bonchev–Trinajstić information content (AvgIpc) is 3.08. The number of nitrogens with zero attached hydrogens (tertiary/aromatic N) is 2. The van der Waals surface area contributed by atoms with Crippen molar-refractivity contribution in [2.45, 2.75) is 31.8 Å². The van der Waals surface area contributed by atoms with Gasteiger partial charge in [0.05, 0.1) is 24.7 Å². The van der Waals surface area contributed by atoms with E-state index in [0.717, 1.165) is 24.9 Å². The number of carbonyl (C=O) groups excluding carboxylic acids is 1. The van der Waals surface area contributed by atoms with Crippen LogP contribution in [0.2, 0.25) is 0 Å². The number of nitrogens with two attached hydrogens (primary N) is 1. The van der Waals surface area contributed by atoms with Crippen molar-refractivity contribution in [2.75, 3.05) is 19.8 Å². The summed E-state index contributed by atoms with van der Waals surface area (Å²) in [4.78, 5) is 19.0. The largest absolute Gasteiger partial charge is 0.379 e. The van der Waals surface area contributed by atoms with E-state index in [1.807, 2.05) is 30.2 Å². The van der Waals surface area contributed by atoms with E-state index in [4.69, 9.17) is 10.5 Å². The highest BCUT2D eigenvalue weighted by molar-refractivity contribution is 5.84. The Hall–Kier alpha value is -1.46. The zero-order chi connectivity index (χ0) is 14.2. The maximum Gasteiger partial charge on any atom is 0.233 e. The molecule has 2 saturated heterocycles. The Morgan fingerprint density at radius 2 is 2.45 bits per heavy atom. The van der Waals surface area contributed by atoms with Crippen LogP contribution in [0.1, 0.15) is 31.4 Å². The minimum atomic E-state index is -0.592. The van der Waals surface area contributed by atoms with Gasteiger partial charge in [0.25, 0.3) is 0 Å². The normalized spacial score (nSPS) is 33.6. The molecule has 0 aromatic carbocycles. The lowest BCUT2D eigenvalue weighted by Gasteiger charge is -2.34. The van der Waals surface area contributed by atoms with Crippen LogP contribution in [0.25, 0.3) is 0 Å². The van der Waals surface area contributed by atoms with Gasteiger partial charge in [-0.15, -0.1) is 0 Å². The van der Waals surface area contributed by atoms with Crippen molar-refractivity contribution < 1.29 is 9.53 Å². The second kappa shape index (κ2) is 5.14. The molecule has 2 N–H and O–H groups in total. The van der Waals surface area contributed by atoms with Gasteiger partial charge in [-0.3, -0.25) is 9.78 Å². The van der Waals surface area contributed by atoms with Crippen LogP contribution in [0.4, 0.5) is 0 Å². The fourth-order valence-electron chi connectivity index (χ4n) is 3.17. The van der Waals surface area contributed by atoms with E-state index < -0.39 is 5.41 Å². The van der Waals surface area contributed by atoms with Crippen LogP contribution in [0.5, 0.6) is 0 Å². The van der Waals surface area contributed by atoms with E-state index >= 15 is 0 Å². The van der Waals surface area contributed by atoms with Crippen molar-refractivity contribution in [3.05, 3.63) is 30.1 Å². The molecule has 1 aromatic rings. The molecule has 20 heavy (non-hydrogen) atoms. The number of ether oxygens (including phenoxy) is 1. The molecular weight excluding hydrogens is 254 g/mol. The number of carbonyl (C=O) groups is 1. The Morgan fingerprint density at radius 1 is 1.60 bits per heavy atom. The molecule has 2 fully saturated rings. The van der Waals surface area contributed by atoms with Crippen molar-refractivity contribution in [3.8, 4) is 0 Å². The van der Waals surface area contributed by atoms with E-state index in [9.17, 15) is 4.79 Å². The van der Waals surface area contributed by atoms with Gasteiger partial charge >= 0.3 is 0 Å². The summed E-state index contributed by atoms with van der Waals surface area (Å²) in [5, 5.41) is 0. The summed E-state index contributed by atoms with van der Waals surface area (Å²) < 4.78 is 5.41. The fraction of sp³-hybridized carbons (Fsp3) is 0.600. The van der Waals surface area contributed by atoms with Gasteiger partial charge in [-0.05, 0) is 31.4 Å². The van der Waals surface area contributed by atoms with Crippen LogP contribution < -0.4 is 5.73 Å². The van der Waals surface area contributed by atoms with Gasteiger partial charge in [0.1, 0.15) is 0 Å². The highest BCUT2D eigenvalue weighted by Crippen LogP contribution is 2.37.